The minimum absolute atomic E-state index is 0.560. The van der Waals surface area contributed by atoms with Crippen molar-refractivity contribution in [2.45, 2.75) is 26.4 Å². The van der Waals surface area contributed by atoms with Crippen LogP contribution in [0.3, 0.4) is 0 Å². The molecule has 3 aromatic rings. The zero-order valence-electron chi connectivity index (χ0n) is 14.5. The zero-order chi connectivity index (χ0) is 18.4. The number of benzene rings is 1. The van der Waals surface area contributed by atoms with Gasteiger partial charge in [0.15, 0.2) is 10.9 Å². The molecule has 1 aromatic carbocycles. The van der Waals surface area contributed by atoms with Crippen molar-refractivity contribution < 1.29 is 0 Å². The molecule has 0 aliphatic carbocycles. The van der Waals surface area contributed by atoms with Gasteiger partial charge in [0.1, 0.15) is 0 Å². The molecule has 0 saturated carbocycles. The molecule has 0 bridgehead atoms. The van der Waals surface area contributed by atoms with E-state index >= 15 is 0 Å². The Morgan fingerprint density at radius 1 is 1.23 bits per heavy atom. The van der Waals surface area contributed by atoms with Gasteiger partial charge in [-0.25, -0.2) is 0 Å². The summed E-state index contributed by atoms with van der Waals surface area (Å²) in [6.45, 7) is 4.37. The van der Waals surface area contributed by atoms with Crippen LogP contribution in [0.5, 0.6) is 0 Å². The molecular formula is C18H21ClN6S. The minimum Gasteiger partial charge on any atom is -0.362 e. The lowest BCUT2D eigenvalue weighted by Crippen LogP contribution is -2.30. The number of rotatable bonds is 7. The first-order valence-electron chi connectivity index (χ1n) is 8.41. The summed E-state index contributed by atoms with van der Waals surface area (Å²) in [6.07, 6.45) is 6.27. The molecule has 8 heteroatoms. The van der Waals surface area contributed by atoms with Gasteiger partial charge in [0, 0.05) is 31.5 Å². The van der Waals surface area contributed by atoms with Gasteiger partial charge in [0.2, 0.25) is 0 Å². The van der Waals surface area contributed by atoms with Gasteiger partial charge >= 0.3 is 0 Å². The number of halogens is 1. The van der Waals surface area contributed by atoms with Crippen LogP contribution in [0.2, 0.25) is 5.02 Å². The first kappa shape index (κ1) is 18.4. The molecule has 0 amide bonds. The van der Waals surface area contributed by atoms with Gasteiger partial charge in [-0.15, -0.1) is 0 Å². The molecule has 0 radical (unpaired) electrons. The van der Waals surface area contributed by atoms with Gasteiger partial charge in [0.25, 0.3) is 0 Å². The lowest BCUT2D eigenvalue weighted by Gasteiger charge is -2.09. The Morgan fingerprint density at radius 2 is 2.08 bits per heavy atom. The summed E-state index contributed by atoms with van der Waals surface area (Å²) in [7, 11) is 0. The quantitative estimate of drug-likeness (QED) is 0.479. The van der Waals surface area contributed by atoms with Gasteiger partial charge in [-0.2, -0.15) is 10.2 Å². The van der Waals surface area contributed by atoms with E-state index in [0.717, 1.165) is 31.9 Å². The molecule has 2 aromatic heterocycles. The van der Waals surface area contributed by atoms with E-state index in [4.69, 9.17) is 23.8 Å². The number of hydrogen-bond acceptors (Lipinski definition) is 3. The van der Waals surface area contributed by atoms with Crippen LogP contribution in [0.1, 0.15) is 17.5 Å². The average molecular weight is 389 g/mol. The van der Waals surface area contributed by atoms with Crippen molar-refractivity contribution in [3.05, 3.63) is 65.1 Å². The number of aromatic nitrogens is 4. The molecule has 136 valence electrons. The van der Waals surface area contributed by atoms with Crippen molar-refractivity contribution in [1.29, 1.82) is 0 Å². The maximum absolute atomic E-state index is 5.84. The Labute approximate surface area is 163 Å². The molecule has 2 N–H and O–H groups in total. The highest BCUT2D eigenvalue weighted by Crippen LogP contribution is 2.10. The summed E-state index contributed by atoms with van der Waals surface area (Å²) in [5, 5.41) is 16.1. The van der Waals surface area contributed by atoms with E-state index in [-0.39, 0.29) is 0 Å². The van der Waals surface area contributed by atoms with Crippen LogP contribution in [0.25, 0.3) is 0 Å². The van der Waals surface area contributed by atoms with Crippen LogP contribution in [-0.2, 0) is 13.1 Å². The number of thiocarbonyl (C=S) groups is 1. The van der Waals surface area contributed by atoms with E-state index in [1.165, 1.54) is 11.1 Å². The normalized spacial score (nSPS) is 10.7. The number of nitrogens with zero attached hydrogens (tertiary/aromatic N) is 4. The summed E-state index contributed by atoms with van der Waals surface area (Å²) in [6, 6.07) is 10.2. The lowest BCUT2D eigenvalue weighted by atomic mass is 10.1. The molecule has 26 heavy (non-hydrogen) atoms. The summed E-state index contributed by atoms with van der Waals surface area (Å²) in [5.74, 6) is 0.731. The zero-order valence-corrected chi connectivity index (χ0v) is 16.1. The minimum atomic E-state index is 0.560. The Bertz CT molecular complexity index is 872. The largest absolute Gasteiger partial charge is 0.362 e. The predicted octanol–water partition coefficient (Wildman–Crippen LogP) is 3.47. The Hall–Kier alpha value is -2.38. The van der Waals surface area contributed by atoms with E-state index in [1.807, 2.05) is 33.8 Å². The summed E-state index contributed by atoms with van der Waals surface area (Å²) < 4.78 is 3.71. The van der Waals surface area contributed by atoms with Crippen LogP contribution in [-0.4, -0.2) is 31.2 Å². The SMILES string of the molecule is Cc1ccccc1Cn1ccc(NC(=S)NCCCn2cc(Cl)cn2)n1. The fraction of sp³-hybridized carbons (Fsp3) is 0.278. The molecule has 0 unspecified atom stereocenters. The third-order valence-corrected chi connectivity index (χ3v) is 4.37. The smallest absolute Gasteiger partial charge is 0.171 e. The van der Waals surface area contributed by atoms with Gasteiger partial charge in [-0.1, -0.05) is 35.9 Å². The van der Waals surface area contributed by atoms with Crippen molar-refractivity contribution in [1.82, 2.24) is 24.9 Å². The monoisotopic (exact) mass is 388 g/mol. The van der Waals surface area contributed by atoms with Gasteiger partial charge in [-0.05, 0) is 36.7 Å². The van der Waals surface area contributed by atoms with Crippen LogP contribution in [0.4, 0.5) is 5.82 Å². The van der Waals surface area contributed by atoms with Gasteiger partial charge in [-0.3, -0.25) is 9.36 Å². The Morgan fingerprint density at radius 3 is 2.85 bits per heavy atom. The summed E-state index contributed by atoms with van der Waals surface area (Å²) >= 11 is 11.2. The maximum atomic E-state index is 5.84. The molecular weight excluding hydrogens is 368 g/mol. The molecule has 0 atom stereocenters. The summed E-state index contributed by atoms with van der Waals surface area (Å²) in [4.78, 5) is 0. The fourth-order valence-corrected chi connectivity index (χ4v) is 2.91. The topological polar surface area (TPSA) is 59.7 Å². The number of nitrogens with one attached hydrogen (secondary N) is 2. The molecule has 0 fully saturated rings. The average Bonchev–Trinajstić information content (AvgIpc) is 3.23. The van der Waals surface area contributed by atoms with Crippen molar-refractivity contribution in [2.75, 3.05) is 11.9 Å². The van der Waals surface area contributed by atoms with Crippen molar-refractivity contribution in [2.24, 2.45) is 0 Å². The first-order valence-corrected chi connectivity index (χ1v) is 9.19. The molecule has 3 rings (SSSR count). The van der Waals surface area contributed by atoms with E-state index in [9.17, 15) is 0 Å². The predicted molar refractivity (Wildman–Crippen MR) is 109 cm³/mol. The van der Waals surface area contributed by atoms with Gasteiger partial charge in [0.05, 0.1) is 17.8 Å². The van der Waals surface area contributed by atoms with Crippen molar-refractivity contribution >= 4 is 34.7 Å². The third-order valence-electron chi connectivity index (χ3n) is 3.93. The third kappa shape index (κ3) is 5.31. The highest BCUT2D eigenvalue weighted by molar-refractivity contribution is 7.80. The van der Waals surface area contributed by atoms with Crippen molar-refractivity contribution in [3.8, 4) is 0 Å². The maximum Gasteiger partial charge on any atom is 0.171 e. The molecule has 2 heterocycles. The second-order valence-corrected chi connectivity index (χ2v) is 6.83. The molecule has 0 spiro atoms. The standard InChI is InChI=1S/C18H21ClN6S/c1-14-5-2-3-6-15(14)12-25-10-7-17(23-25)22-18(26)20-8-4-9-24-13-16(19)11-21-24/h2-3,5-7,10-11,13H,4,8-9,12H2,1H3,(H2,20,22,23,26). The highest BCUT2D eigenvalue weighted by Gasteiger charge is 2.04. The number of aryl methyl sites for hydroxylation is 2. The van der Waals surface area contributed by atoms with E-state index < -0.39 is 0 Å². The van der Waals surface area contributed by atoms with Crippen LogP contribution in [0.15, 0.2) is 48.9 Å². The molecule has 0 aliphatic rings. The van der Waals surface area contributed by atoms with Crippen LogP contribution >= 0.6 is 23.8 Å². The summed E-state index contributed by atoms with van der Waals surface area (Å²) in [5.41, 5.74) is 2.51. The second kappa shape index (κ2) is 8.82. The first-order chi connectivity index (χ1) is 12.6. The van der Waals surface area contributed by atoms with Crippen LogP contribution in [0, 0.1) is 6.92 Å². The molecule has 6 nitrogen and oxygen atoms in total. The Kier molecular flexibility index (Phi) is 6.25. The second-order valence-electron chi connectivity index (χ2n) is 5.98. The highest BCUT2D eigenvalue weighted by atomic mass is 35.5. The van der Waals surface area contributed by atoms with E-state index in [0.29, 0.717) is 10.1 Å². The van der Waals surface area contributed by atoms with E-state index in [2.05, 4.69) is 39.9 Å². The van der Waals surface area contributed by atoms with Gasteiger partial charge < -0.3 is 10.6 Å². The van der Waals surface area contributed by atoms with E-state index in [1.54, 1.807) is 12.4 Å². The Balaban J connectivity index is 1.42. The lowest BCUT2D eigenvalue weighted by molar-refractivity contribution is 0.574. The van der Waals surface area contributed by atoms with Crippen molar-refractivity contribution in [3.63, 3.8) is 0 Å². The molecule has 0 aliphatic heterocycles. The number of anilines is 1. The molecule has 0 saturated heterocycles. The fourth-order valence-electron chi connectivity index (χ4n) is 2.54. The van der Waals surface area contributed by atoms with Crippen LogP contribution < -0.4 is 10.6 Å². The number of hydrogen-bond donors (Lipinski definition) is 2.